The number of nitrogens with zero attached hydrogens (tertiary/aromatic N) is 2. The van der Waals surface area contributed by atoms with Gasteiger partial charge in [0.05, 0.1) is 14.2 Å². The molecule has 1 aliphatic rings. The average Bonchev–Trinajstić information content (AvgIpc) is 3.02. The molecule has 1 atom stereocenters. The predicted octanol–water partition coefficient (Wildman–Crippen LogP) is 2.35. The molecule has 1 aromatic carbocycles. The normalized spacial score (nSPS) is 17.2. The van der Waals surface area contributed by atoms with Crippen molar-refractivity contribution < 1.29 is 14.0 Å². The van der Waals surface area contributed by atoms with Gasteiger partial charge in [-0.1, -0.05) is 11.2 Å². The van der Waals surface area contributed by atoms with Gasteiger partial charge in [0, 0.05) is 36.9 Å². The van der Waals surface area contributed by atoms with Gasteiger partial charge in [-0.25, -0.2) is 0 Å². The third kappa shape index (κ3) is 4.78. The van der Waals surface area contributed by atoms with Crippen LogP contribution in [0, 0.1) is 0 Å². The van der Waals surface area contributed by atoms with Gasteiger partial charge in [-0.2, -0.15) is 16.7 Å². The quantitative estimate of drug-likeness (QED) is 0.835. The van der Waals surface area contributed by atoms with Crippen molar-refractivity contribution in [2.45, 2.75) is 18.9 Å². The van der Waals surface area contributed by atoms with Gasteiger partial charge in [0.25, 0.3) is 0 Å². The van der Waals surface area contributed by atoms with Crippen LogP contribution in [0.15, 0.2) is 22.7 Å². The Balaban J connectivity index is 0.00000208. The minimum absolute atomic E-state index is 0. The lowest BCUT2D eigenvalue weighted by atomic mass is 10.1. The van der Waals surface area contributed by atoms with Crippen molar-refractivity contribution in [1.82, 2.24) is 15.5 Å². The molecule has 0 spiro atoms. The van der Waals surface area contributed by atoms with E-state index < -0.39 is 0 Å². The molecule has 8 heteroatoms. The van der Waals surface area contributed by atoms with E-state index in [1.165, 1.54) is 5.75 Å². The van der Waals surface area contributed by atoms with Gasteiger partial charge in [-0.05, 0) is 17.7 Å². The van der Waals surface area contributed by atoms with Crippen LogP contribution in [0.3, 0.4) is 0 Å². The number of benzene rings is 1. The van der Waals surface area contributed by atoms with Crippen molar-refractivity contribution >= 4 is 24.2 Å². The van der Waals surface area contributed by atoms with E-state index in [2.05, 4.69) is 15.5 Å². The van der Waals surface area contributed by atoms with E-state index in [0.29, 0.717) is 35.7 Å². The molecule has 24 heavy (non-hydrogen) atoms. The van der Waals surface area contributed by atoms with E-state index in [0.717, 1.165) is 24.3 Å². The third-order valence-corrected chi connectivity index (χ3v) is 4.87. The highest BCUT2D eigenvalue weighted by Crippen LogP contribution is 2.28. The molecular formula is C16H22ClN3O3S. The molecule has 1 aliphatic heterocycles. The number of ether oxygens (including phenoxy) is 2. The lowest BCUT2D eigenvalue weighted by Crippen LogP contribution is -2.38. The fraction of sp³-hybridized carbons (Fsp3) is 0.500. The minimum Gasteiger partial charge on any atom is -0.493 e. The Kier molecular flexibility index (Phi) is 7.20. The summed E-state index contributed by atoms with van der Waals surface area (Å²) in [6.07, 6.45) is 1.39. The van der Waals surface area contributed by atoms with Gasteiger partial charge in [-0.15, -0.1) is 12.4 Å². The number of rotatable bonds is 6. The summed E-state index contributed by atoms with van der Waals surface area (Å²) in [7, 11) is 3.25. The summed E-state index contributed by atoms with van der Waals surface area (Å²) >= 11 is 1.96. The zero-order valence-electron chi connectivity index (χ0n) is 13.8. The van der Waals surface area contributed by atoms with Gasteiger partial charge in [-0.3, -0.25) is 0 Å². The summed E-state index contributed by atoms with van der Waals surface area (Å²) < 4.78 is 15.9. The number of hydrogen-bond acceptors (Lipinski definition) is 7. The summed E-state index contributed by atoms with van der Waals surface area (Å²) in [5.74, 6) is 5.07. The van der Waals surface area contributed by atoms with Crippen LogP contribution in [0.2, 0.25) is 0 Å². The molecule has 132 valence electrons. The Morgan fingerprint density at radius 3 is 2.83 bits per heavy atom. The van der Waals surface area contributed by atoms with E-state index >= 15 is 0 Å². The zero-order valence-corrected chi connectivity index (χ0v) is 15.4. The van der Waals surface area contributed by atoms with E-state index in [1.807, 2.05) is 30.0 Å². The third-order valence-electron chi connectivity index (χ3n) is 3.74. The topological polar surface area (TPSA) is 69.4 Å². The Labute approximate surface area is 152 Å². The number of nitrogens with one attached hydrogen (secondary N) is 1. The molecule has 0 bridgehead atoms. The molecule has 1 unspecified atom stereocenters. The van der Waals surface area contributed by atoms with Gasteiger partial charge < -0.3 is 19.3 Å². The van der Waals surface area contributed by atoms with Crippen molar-refractivity contribution in [2.24, 2.45) is 0 Å². The highest BCUT2D eigenvalue weighted by molar-refractivity contribution is 7.99. The zero-order chi connectivity index (χ0) is 16.1. The van der Waals surface area contributed by atoms with Gasteiger partial charge in [0.15, 0.2) is 17.3 Å². The molecule has 6 nitrogen and oxygen atoms in total. The SMILES string of the molecule is COc1ccc(Cc2noc(CC3CSCCN3)n2)cc1OC.Cl. The average molecular weight is 372 g/mol. The first kappa shape index (κ1) is 18.9. The van der Waals surface area contributed by atoms with Gasteiger partial charge in [0.2, 0.25) is 5.89 Å². The first-order chi connectivity index (χ1) is 11.3. The molecule has 0 aliphatic carbocycles. The summed E-state index contributed by atoms with van der Waals surface area (Å²) in [6, 6.07) is 6.23. The minimum atomic E-state index is 0. The van der Waals surface area contributed by atoms with Crippen LogP contribution in [0.4, 0.5) is 0 Å². The molecular weight excluding hydrogens is 350 g/mol. The van der Waals surface area contributed by atoms with Crippen LogP contribution in [0.25, 0.3) is 0 Å². The highest BCUT2D eigenvalue weighted by Gasteiger charge is 2.17. The fourth-order valence-corrected chi connectivity index (χ4v) is 3.53. The Morgan fingerprint density at radius 1 is 1.29 bits per heavy atom. The number of halogens is 1. The summed E-state index contributed by atoms with van der Waals surface area (Å²) in [6.45, 7) is 1.04. The molecule has 0 saturated carbocycles. The largest absolute Gasteiger partial charge is 0.493 e. The van der Waals surface area contributed by atoms with Gasteiger partial charge >= 0.3 is 0 Å². The predicted molar refractivity (Wildman–Crippen MR) is 96.7 cm³/mol. The second-order valence-electron chi connectivity index (χ2n) is 5.40. The van der Waals surface area contributed by atoms with E-state index in [-0.39, 0.29) is 12.4 Å². The van der Waals surface area contributed by atoms with Crippen molar-refractivity contribution in [2.75, 3.05) is 32.3 Å². The molecule has 3 rings (SSSR count). The Bertz CT molecular complexity index is 647. The summed E-state index contributed by atoms with van der Waals surface area (Å²) in [4.78, 5) is 4.50. The second kappa shape index (κ2) is 9.15. The molecule has 2 heterocycles. The summed E-state index contributed by atoms with van der Waals surface area (Å²) in [5.41, 5.74) is 1.06. The maximum absolute atomic E-state index is 5.37. The van der Waals surface area contributed by atoms with Gasteiger partial charge in [0.1, 0.15) is 0 Å². The van der Waals surface area contributed by atoms with Crippen molar-refractivity contribution in [3.8, 4) is 11.5 Å². The Hall–Kier alpha value is -1.44. The van der Waals surface area contributed by atoms with Crippen LogP contribution in [-0.4, -0.2) is 48.5 Å². The first-order valence-electron chi connectivity index (χ1n) is 7.62. The Morgan fingerprint density at radius 2 is 2.12 bits per heavy atom. The monoisotopic (exact) mass is 371 g/mol. The number of aromatic nitrogens is 2. The van der Waals surface area contributed by atoms with E-state index in [1.54, 1.807) is 14.2 Å². The number of methoxy groups -OCH3 is 2. The molecule has 0 amide bonds. The van der Waals surface area contributed by atoms with Crippen LogP contribution >= 0.6 is 24.2 Å². The van der Waals surface area contributed by atoms with Crippen LogP contribution in [0.1, 0.15) is 17.3 Å². The van der Waals surface area contributed by atoms with E-state index in [4.69, 9.17) is 14.0 Å². The lowest BCUT2D eigenvalue weighted by molar-refractivity contribution is 0.354. The lowest BCUT2D eigenvalue weighted by Gasteiger charge is -2.21. The molecule has 1 fully saturated rings. The standard InChI is InChI=1S/C16H21N3O3S.ClH/c1-20-13-4-3-11(7-14(13)21-2)8-15-18-16(22-19-15)9-12-10-23-6-5-17-12;/h3-4,7,12,17H,5-6,8-10H2,1-2H3;1H. The van der Waals surface area contributed by atoms with Crippen LogP contribution in [0.5, 0.6) is 11.5 Å². The van der Waals surface area contributed by atoms with Crippen LogP contribution in [-0.2, 0) is 12.8 Å². The summed E-state index contributed by atoms with van der Waals surface area (Å²) in [5, 5.41) is 7.56. The smallest absolute Gasteiger partial charge is 0.228 e. The van der Waals surface area contributed by atoms with E-state index in [9.17, 15) is 0 Å². The number of thioether (sulfide) groups is 1. The second-order valence-corrected chi connectivity index (χ2v) is 6.55. The van der Waals surface area contributed by atoms with Crippen molar-refractivity contribution in [3.63, 3.8) is 0 Å². The maximum atomic E-state index is 5.37. The molecule has 1 aromatic heterocycles. The first-order valence-corrected chi connectivity index (χ1v) is 8.77. The number of hydrogen-bond donors (Lipinski definition) is 1. The molecule has 1 saturated heterocycles. The van der Waals surface area contributed by atoms with Crippen molar-refractivity contribution in [3.05, 3.63) is 35.5 Å². The van der Waals surface area contributed by atoms with Crippen LogP contribution < -0.4 is 14.8 Å². The maximum Gasteiger partial charge on any atom is 0.228 e. The molecule has 1 N–H and O–H groups in total. The molecule has 0 radical (unpaired) electrons. The highest BCUT2D eigenvalue weighted by atomic mass is 35.5. The fourth-order valence-electron chi connectivity index (χ4n) is 2.58. The molecule has 2 aromatic rings. The van der Waals surface area contributed by atoms with Crippen molar-refractivity contribution in [1.29, 1.82) is 0 Å².